The lowest BCUT2D eigenvalue weighted by atomic mass is 10.1. The number of thiocarbonyl (C=S) groups is 1. The number of hydrogen-bond acceptors (Lipinski definition) is 7. The molecule has 8 heteroatoms. The standard InChI is InChI=1S/C16H15NO5S2/c1-2-9-3-5-10(6-4-9)7-12-14(20)17(16(23)24-12)11(15(21)22)8-13(18)19/h3-7,11H,2,8H2,1H3,(H,18,19)(H,21,22)/p-2/b12-7-/t11-/m1/s1. The lowest BCUT2D eigenvalue weighted by molar-refractivity contribution is -0.319. The van der Waals surface area contributed by atoms with Crippen LogP contribution in [0, 0.1) is 0 Å². The van der Waals surface area contributed by atoms with Gasteiger partial charge in [0.05, 0.1) is 16.9 Å². The Kier molecular flexibility index (Phi) is 5.74. The van der Waals surface area contributed by atoms with E-state index in [2.05, 4.69) is 0 Å². The smallest absolute Gasteiger partial charge is 0.266 e. The Morgan fingerprint density at radius 1 is 1.29 bits per heavy atom. The molecule has 1 atom stereocenters. The van der Waals surface area contributed by atoms with Gasteiger partial charge in [0.25, 0.3) is 5.91 Å². The molecule has 2 rings (SSSR count). The summed E-state index contributed by atoms with van der Waals surface area (Å²) in [4.78, 5) is 35.3. The first-order chi connectivity index (χ1) is 11.3. The molecule has 6 nitrogen and oxygen atoms in total. The van der Waals surface area contributed by atoms with Gasteiger partial charge in [-0.15, -0.1) is 0 Å². The minimum Gasteiger partial charge on any atom is -0.550 e. The average Bonchev–Trinajstić information content (AvgIpc) is 2.79. The van der Waals surface area contributed by atoms with Crippen LogP contribution in [0.5, 0.6) is 0 Å². The van der Waals surface area contributed by atoms with Crippen LogP contribution < -0.4 is 10.2 Å². The lowest BCUT2D eigenvalue weighted by Gasteiger charge is -2.27. The van der Waals surface area contributed by atoms with Crippen LogP contribution >= 0.6 is 24.0 Å². The SMILES string of the molecule is CCc1ccc(/C=C2\SC(=S)N([C@H](CC(=O)[O-])C(=O)[O-])C2=O)cc1. The molecule has 0 spiro atoms. The summed E-state index contributed by atoms with van der Waals surface area (Å²) in [6.07, 6.45) is 1.59. The van der Waals surface area contributed by atoms with Crippen LogP contribution in [0.15, 0.2) is 29.2 Å². The van der Waals surface area contributed by atoms with Crippen LogP contribution in [-0.4, -0.2) is 33.1 Å². The molecule has 1 fully saturated rings. The van der Waals surface area contributed by atoms with Crippen LogP contribution in [0.25, 0.3) is 6.08 Å². The quantitative estimate of drug-likeness (QED) is 0.506. The maximum atomic E-state index is 12.4. The lowest BCUT2D eigenvalue weighted by Crippen LogP contribution is -2.52. The highest BCUT2D eigenvalue weighted by atomic mass is 32.2. The van der Waals surface area contributed by atoms with Crippen molar-refractivity contribution in [1.82, 2.24) is 4.90 Å². The summed E-state index contributed by atoms with van der Waals surface area (Å²) < 4.78 is -0.0214. The van der Waals surface area contributed by atoms with Crippen LogP contribution in [0.3, 0.4) is 0 Å². The van der Waals surface area contributed by atoms with E-state index >= 15 is 0 Å². The third-order valence-corrected chi connectivity index (χ3v) is 4.78. The molecule has 0 aromatic heterocycles. The van der Waals surface area contributed by atoms with Gasteiger partial charge in [-0.25, -0.2) is 0 Å². The van der Waals surface area contributed by atoms with E-state index < -0.39 is 30.3 Å². The summed E-state index contributed by atoms with van der Waals surface area (Å²) in [5, 5.41) is 21.9. The summed E-state index contributed by atoms with van der Waals surface area (Å²) in [5.41, 5.74) is 1.91. The van der Waals surface area contributed by atoms with Gasteiger partial charge in [0.15, 0.2) is 0 Å². The van der Waals surface area contributed by atoms with Crippen molar-refractivity contribution in [2.75, 3.05) is 0 Å². The molecule has 1 heterocycles. The van der Waals surface area contributed by atoms with E-state index in [1.165, 1.54) is 0 Å². The van der Waals surface area contributed by atoms with Crippen LogP contribution in [0.4, 0.5) is 0 Å². The monoisotopic (exact) mass is 363 g/mol. The Bertz CT molecular complexity index is 726. The Morgan fingerprint density at radius 3 is 2.42 bits per heavy atom. The summed E-state index contributed by atoms with van der Waals surface area (Å²) in [6, 6.07) is 5.83. The fraction of sp³-hybridized carbons (Fsp3) is 0.250. The zero-order valence-corrected chi connectivity index (χ0v) is 14.3. The summed E-state index contributed by atoms with van der Waals surface area (Å²) in [6.45, 7) is 2.03. The van der Waals surface area contributed by atoms with Crippen molar-refractivity contribution in [1.29, 1.82) is 0 Å². The second-order valence-corrected chi connectivity index (χ2v) is 6.73. The van der Waals surface area contributed by atoms with Crippen molar-refractivity contribution in [3.8, 4) is 0 Å². The Hall–Kier alpha value is -2.19. The van der Waals surface area contributed by atoms with Gasteiger partial charge in [-0.3, -0.25) is 9.69 Å². The van der Waals surface area contributed by atoms with Gasteiger partial charge in [0.1, 0.15) is 4.32 Å². The molecule has 1 amide bonds. The molecule has 0 unspecified atom stereocenters. The maximum absolute atomic E-state index is 12.4. The number of amides is 1. The molecule has 0 saturated carbocycles. The molecule has 1 aliphatic rings. The maximum Gasteiger partial charge on any atom is 0.266 e. The molecule has 1 saturated heterocycles. The summed E-state index contributed by atoms with van der Waals surface area (Å²) in [7, 11) is 0. The number of rotatable bonds is 6. The molecule has 0 radical (unpaired) electrons. The second kappa shape index (κ2) is 7.59. The van der Waals surface area contributed by atoms with Gasteiger partial charge >= 0.3 is 0 Å². The van der Waals surface area contributed by atoms with Gasteiger partial charge in [-0.2, -0.15) is 0 Å². The van der Waals surface area contributed by atoms with Crippen molar-refractivity contribution >= 4 is 52.2 Å². The summed E-state index contributed by atoms with van der Waals surface area (Å²) in [5.74, 6) is -3.94. The number of hydrogen-bond donors (Lipinski definition) is 0. The minimum atomic E-state index is -1.69. The molecule has 1 aromatic rings. The molecule has 1 aliphatic heterocycles. The molecule has 1 aromatic carbocycles. The number of carboxylic acid groups (broad SMARTS) is 2. The van der Waals surface area contributed by atoms with Crippen LogP contribution in [-0.2, 0) is 20.8 Å². The molecule has 24 heavy (non-hydrogen) atoms. The number of thioether (sulfide) groups is 1. The Morgan fingerprint density at radius 2 is 1.92 bits per heavy atom. The number of nitrogens with zero attached hydrogens (tertiary/aromatic N) is 1. The predicted molar refractivity (Wildman–Crippen MR) is 89.3 cm³/mol. The largest absolute Gasteiger partial charge is 0.550 e. The van der Waals surface area contributed by atoms with E-state index in [9.17, 15) is 24.6 Å². The van der Waals surface area contributed by atoms with E-state index in [-0.39, 0.29) is 9.23 Å². The highest BCUT2D eigenvalue weighted by molar-refractivity contribution is 8.26. The second-order valence-electron chi connectivity index (χ2n) is 5.06. The number of carboxylic acids is 2. The van der Waals surface area contributed by atoms with Crippen molar-refractivity contribution in [2.45, 2.75) is 25.8 Å². The third kappa shape index (κ3) is 4.01. The first kappa shape index (κ1) is 18.2. The first-order valence-corrected chi connectivity index (χ1v) is 8.32. The van der Waals surface area contributed by atoms with E-state index in [0.717, 1.165) is 34.2 Å². The van der Waals surface area contributed by atoms with Gasteiger partial charge in [-0.1, -0.05) is 55.2 Å². The normalized spacial score (nSPS) is 17.4. The van der Waals surface area contributed by atoms with Crippen molar-refractivity contribution in [3.05, 3.63) is 40.3 Å². The molecular weight excluding hydrogens is 350 g/mol. The molecule has 0 bridgehead atoms. The first-order valence-electron chi connectivity index (χ1n) is 7.10. The molecule has 0 aliphatic carbocycles. The van der Waals surface area contributed by atoms with E-state index in [0.29, 0.717) is 0 Å². The Labute approximate surface area is 148 Å². The molecule has 126 valence electrons. The third-order valence-electron chi connectivity index (χ3n) is 3.45. The topological polar surface area (TPSA) is 101 Å². The highest BCUT2D eigenvalue weighted by Gasteiger charge is 2.37. The average molecular weight is 363 g/mol. The number of aliphatic carboxylic acids is 2. The minimum absolute atomic E-state index is 0.0214. The van der Waals surface area contributed by atoms with Gasteiger partial charge < -0.3 is 19.8 Å². The van der Waals surface area contributed by atoms with E-state index in [1.807, 2.05) is 31.2 Å². The zero-order chi connectivity index (χ0) is 17.9. The Balaban J connectivity index is 2.27. The number of aryl methyl sites for hydroxylation is 1. The molecular formula is C16H13NO5S2-2. The van der Waals surface area contributed by atoms with Crippen LogP contribution in [0.2, 0.25) is 0 Å². The summed E-state index contributed by atoms with van der Waals surface area (Å²) >= 11 is 5.95. The van der Waals surface area contributed by atoms with Gasteiger partial charge in [-0.05, 0) is 23.6 Å². The van der Waals surface area contributed by atoms with E-state index in [4.69, 9.17) is 12.2 Å². The van der Waals surface area contributed by atoms with Crippen molar-refractivity contribution in [2.24, 2.45) is 0 Å². The molecule has 0 N–H and O–H groups in total. The van der Waals surface area contributed by atoms with E-state index in [1.54, 1.807) is 6.08 Å². The van der Waals surface area contributed by atoms with Crippen LogP contribution in [0.1, 0.15) is 24.5 Å². The zero-order valence-electron chi connectivity index (χ0n) is 12.7. The van der Waals surface area contributed by atoms with Crippen molar-refractivity contribution in [3.63, 3.8) is 0 Å². The number of benzene rings is 1. The number of carbonyl (C=O) groups is 3. The highest BCUT2D eigenvalue weighted by Crippen LogP contribution is 2.34. The fourth-order valence-electron chi connectivity index (χ4n) is 2.19. The fourth-order valence-corrected chi connectivity index (χ4v) is 3.54. The van der Waals surface area contributed by atoms with Gasteiger partial charge in [0.2, 0.25) is 0 Å². The van der Waals surface area contributed by atoms with Gasteiger partial charge in [0, 0.05) is 12.4 Å². The predicted octanol–water partition coefficient (Wildman–Crippen LogP) is -0.291. The van der Waals surface area contributed by atoms with Crippen molar-refractivity contribution < 1.29 is 24.6 Å². The number of carbonyl (C=O) groups excluding carboxylic acids is 3.